The summed E-state index contributed by atoms with van der Waals surface area (Å²) in [5, 5.41) is 0. The molecule has 9 heavy (non-hydrogen) atoms. The zero-order chi connectivity index (χ0) is 6.04. The van der Waals surface area contributed by atoms with Gasteiger partial charge in [0.2, 0.25) is 0 Å². The van der Waals surface area contributed by atoms with Crippen molar-refractivity contribution in [2.24, 2.45) is 5.41 Å². The molecule has 0 N–H and O–H groups in total. The minimum Gasteiger partial charge on any atom is -0.269 e. The number of hydrogen-bond donors (Lipinski definition) is 0. The van der Waals surface area contributed by atoms with Crippen molar-refractivity contribution in [2.45, 2.75) is 20.3 Å². The molecule has 1 rings (SSSR count). The van der Waals surface area contributed by atoms with E-state index in [1.165, 1.54) is 0 Å². The molecule has 0 saturated heterocycles. The van der Waals surface area contributed by atoms with E-state index in [2.05, 4.69) is 26.0 Å². The summed E-state index contributed by atoms with van der Waals surface area (Å²) in [5.41, 5.74) is 0.286. The maximum atomic E-state index is 3.25. The minimum absolute atomic E-state index is 0. The van der Waals surface area contributed by atoms with Crippen molar-refractivity contribution in [3.8, 4) is 0 Å². The van der Waals surface area contributed by atoms with Crippen molar-refractivity contribution in [3.63, 3.8) is 0 Å². The molecule has 0 aromatic rings. The van der Waals surface area contributed by atoms with Gasteiger partial charge in [-0.3, -0.25) is 6.08 Å². The Morgan fingerprint density at radius 1 is 1.44 bits per heavy atom. The van der Waals surface area contributed by atoms with Crippen molar-refractivity contribution in [1.82, 2.24) is 0 Å². The zero-order valence-corrected chi connectivity index (χ0v) is 7.50. The first-order chi connectivity index (χ1) is 3.71. The average Bonchev–Trinajstić information content (AvgIpc) is 1.65. The van der Waals surface area contributed by atoms with Crippen LogP contribution in [-0.2, 0) is 21.7 Å². The van der Waals surface area contributed by atoms with E-state index < -0.39 is 0 Å². The Hall–Kier alpha value is 0.194. The molecule has 0 aliphatic heterocycles. The molecule has 0 heterocycles. The van der Waals surface area contributed by atoms with Gasteiger partial charge in [-0.2, -0.15) is 6.08 Å². The first kappa shape index (κ1) is 9.19. The van der Waals surface area contributed by atoms with E-state index in [0.29, 0.717) is 0 Å². The SMILES string of the molecule is CC1(C)[C-]=CC=CC1.[Ti+2]. The second-order valence-electron chi connectivity index (χ2n) is 2.83. The summed E-state index contributed by atoms with van der Waals surface area (Å²) in [5.74, 6) is 0. The molecule has 0 radical (unpaired) electrons. The van der Waals surface area contributed by atoms with Crippen LogP contribution in [0.15, 0.2) is 18.2 Å². The van der Waals surface area contributed by atoms with Crippen molar-refractivity contribution < 1.29 is 21.7 Å². The van der Waals surface area contributed by atoms with Gasteiger partial charge in [0.25, 0.3) is 0 Å². The Morgan fingerprint density at radius 2 is 2.11 bits per heavy atom. The summed E-state index contributed by atoms with van der Waals surface area (Å²) in [7, 11) is 0. The van der Waals surface area contributed by atoms with Crippen LogP contribution >= 0.6 is 0 Å². The van der Waals surface area contributed by atoms with Gasteiger partial charge in [-0.15, -0.1) is 0 Å². The second kappa shape index (κ2) is 3.38. The molecule has 1 aliphatic rings. The van der Waals surface area contributed by atoms with Crippen molar-refractivity contribution >= 4 is 0 Å². The van der Waals surface area contributed by atoms with E-state index in [1.54, 1.807) is 0 Å². The van der Waals surface area contributed by atoms with Gasteiger partial charge >= 0.3 is 21.7 Å². The van der Waals surface area contributed by atoms with Crippen LogP contribution in [0.25, 0.3) is 0 Å². The number of rotatable bonds is 0. The van der Waals surface area contributed by atoms with E-state index in [1.807, 2.05) is 12.2 Å². The van der Waals surface area contributed by atoms with Crippen LogP contribution in [0.4, 0.5) is 0 Å². The van der Waals surface area contributed by atoms with Gasteiger partial charge in [0.05, 0.1) is 0 Å². The summed E-state index contributed by atoms with van der Waals surface area (Å²) in [6, 6.07) is 0. The minimum atomic E-state index is 0. The monoisotopic (exact) mass is 155 g/mol. The average molecular weight is 155 g/mol. The maximum absolute atomic E-state index is 3.25. The van der Waals surface area contributed by atoms with Gasteiger partial charge in [-0.1, -0.05) is 25.7 Å². The largest absolute Gasteiger partial charge is 2.00 e. The van der Waals surface area contributed by atoms with Crippen LogP contribution in [0.5, 0.6) is 0 Å². The standard InChI is InChI=1S/C8H11.Ti/c1-8(2)6-4-3-5-7-8;/h3-5H,6H2,1-2H3;/q-1;+2. The summed E-state index contributed by atoms with van der Waals surface area (Å²) in [6.07, 6.45) is 10.6. The molecule has 0 unspecified atom stereocenters. The molecule has 0 saturated carbocycles. The van der Waals surface area contributed by atoms with Gasteiger partial charge in [0.1, 0.15) is 0 Å². The molecule has 0 aromatic carbocycles. The van der Waals surface area contributed by atoms with Crippen molar-refractivity contribution in [3.05, 3.63) is 24.3 Å². The van der Waals surface area contributed by atoms with E-state index in [4.69, 9.17) is 0 Å². The van der Waals surface area contributed by atoms with E-state index in [-0.39, 0.29) is 27.1 Å². The Bertz CT molecular complexity index is 132. The second-order valence-corrected chi connectivity index (χ2v) is 2.83. The van der Waals surface area contributed by atoms with E-state index in [0.717, 1.165) is 6.42 Å². The molecule has 0 fully saturated rings. The molecule has 0 aromatic heterocycles. The topological polar surface area (TPSA) is 0 Å². The smallest absolute Gasteiger partial charge is 0.269 e. The first-order valence-corrected chi connectivity index (χ1v) is 2.97. The summed E-state index contributed by atoms with van der Waals surface area (Å²) >= 11 is 0. The van der Waals surface area contributed by atoms with Crippen molar-refractivity contribution in [1.29, 1.82) is 0 Å². The number of hydrogen-bond acceptors (Lipinski definition) is 0. The number of allylic oxidation sites excluding steroid dienone is 4. The molecule has 0 bridgehead atoms. The van der Waals surface area contributed by atoms with E-state index >= 15 is 0 Å². The van der Waals surface area contributed by atoms with Crippen LogP contribution in [0.2, 0.25) is 0 Å². The molecule has 0 nitrogen and oxygen atoms in total. The summed E-state index contributed by atoms with van der Waals surface area (Å²) in [4.78, 5) is 0. The zero-order valence-electron chi connectivity index (χ0n) is 5.94. The molecule has 0 atom stereocenters. The van der Waals surface area contributed by atoms with Crippen LogP contribution in [-0.4, -0.2) is 0 Å². The van der Waals surface area contributed by atoms with Gasteiger partial charge in [-0.25, -0.2) is 12.2 Å². The molecular formula is C8H11Ti+. The third-order valence-corrected chi connectivity index (χ3v) is 1.33. The molecule has 0 amide bonds. The third-order valence-electron chi connectivity index (χ3n) is 1.33. The van der Waals surface area contributed by atoms with Gasteiger partial charge < -0.3 is 0 Å². The Morgan fingerprint density at radius 3 is 2.33 bits per heavy atom. The molecule has 1 aliphatic carbocycles. The Kier molecular flexibility index (Phi) is 3.46. The molecule has 46 valence electrons. The van der Waals surface area contributed by atoms with E-state index in [9.17, 15) is 0 Å². The third kappa shape index (κ3) is 3.03. The van der Waals surface area contributed by atoms with Gasteiger partial charge in [-0.05, 0) is 0 Å². The van der Waals surface area contributed by atoms with Crippen molar-refractivity contribution in [2.75, 3.05) is 0 Å². The maximum Gasteiger partial charge on any atom is 2.00 e. The molecule has 0 spiro atoms. The van der Waals surface area contributed by atoms with Crippen LogP contribution in [0, 0.1) is 11.5 Å². The summed E-state index contributed by atoms with van der Waals surface area (Å²) in [6.45, 7) is 4.38. The summed E-state index contributed by atoms with van der Waals surface area (Å²) < 4.78 is 0. The molecular weight excluding hydrogens is 144 g/mol. The predicted molar refractivity (Wildman–Crippen MR) is 35.4 cm³/mol. The first-order valence-electron chi connectivity index (χ1n) is 2.97. The normalized spacial score (nSPS) is 21.1. The Labute approximate surface area is 71.9 Å². The Balaban J connectivity index is 0.000000640. The quantitative estimate of drug-likeness (QED) is 0.372. The van der Waals surface area contributed by atoms with Gasteiger partial charge in [0, 0.05) is 0 Å². The fourth-order valence-electron chi connectivity index (χ4n) is 0.763. The van der Waals surface area contributed by atoms with Gasteiger partial charge in [0.15, 0.2) is 0 Å². The fourth-order valence-corrected chi connectivity index (χ4v) is 0.763. The van der Waals surface area contributed by atoms with Crippen LogP contribution in [0.3, 0.4) is 0 Å². The molecule has 1 heteroatoms. The van der Waals surface area contributed by atoms with Crippen LogP contribution < -0.4 is 0 Å². The predicted octanol–water partition coefficient (Wildman–Crippen LogP) is 2.33. The fraction of sp³-hybridized carbons (Fsp3) is 0.500. The van der Waals surface area contributed by atoms with Crippen LogP contribution in [0.1, 0.15) is 20.3 Å².